The molecule has 0 spiro atoms. The summed E-state index contributed by atoms with van der Waals surface area (Å²) in [5, 5.41) is 16.9. The minimum Gasteiger partial charge on any atom is -0.476 e. The highest BCUT2D eigenvalue weighted by molar-refractivity contribution is 6.01. The van der Waals surface area contributed by atoms with Crippen LogP contribution in [0.1, 0.15) is 16.2 Å². The number of aromatic carboxylic acids is 1. The average Bonchev–Trinajstić information content (AvgIpc) is 2.91. The number of nitrogens with one attached hydrogen (secondary N) is 1. The van der Waals surface area contributed by atoms with Gasteiger partial charge in [0.1, 0.15) is 0 Å². The first-order valence-corrected chi connectivity index (χ1v) is 5.54. The van der Waals surface area contributed by atoms with E-state index in [1.165, 1.54) is 0 Å². The van der Waals surface area contributed by atoms with Gasteiger partial charge in [-0.15, -0.1) is 5.10 Å². The van der Waals surface area contributed by atoms with Gasteiger partial charge in [0, 0.05) is 0 Å². The topological polar surface area (TPSA) is 117 Å². The first-order valence-electron chi connectivity index (χ1n) is 5.54. The van der Waals surface area contributed by atoms with Gasteiger partial charge in [-0.1, -0.05) is 5.21 Å². The van der Waals surface area contributed by atoms with E-state index in [1.807, 2.05) is 0 Å². The van der Waals surface area contributed by atoms with Gasteiger partial charge in [0.15, 0.2) is 5.69 Å². The number of imide groups is 1. The molecule has 0 aromatic carbocycles. The minimum absolute atomic E-state index is 0.233. The standard InChI is InChI=1S/C9H8F3N5O4/c10-9(11,12)6-5(7(19)20)14-15-17(6)2-1-16-4(18)3-13-8(16)21/h1-3H2,(H,13,21)(H,19,20). The summed E-state index contributed by atoms with van der Waals surface area (Å²) in [5.41, 5.74) is -2.78. The number of carbonyl (C=O) groups excluding carboxylic acids is 2. The molecule has 0 radical (unpaired) electrons. The fraction of sp³-hybridized carbons (Fsp3) is 0.444. The van der Waals surface area contributed by atoms with Gasteiger partial charge >= 0.3 is 18.2 Å². The summed E-state index contributed by atoms with van der Waals surface area (Å²) < 4.78 is 38.8. The van der Waals surface area contributed by atoms with E-state index in [-0.39, 0.29) is 13.1 Å². The summed E-state index contributed by atoms with van der Waals surface area (Å²) in [4.78, 5) is 33.9. The van der Waals surface area contributed by atoms with Gasteiger partial charge in [-0.25, -0.2) is 14.3 Å². The monoisotopic (exact) mass is 307 g/mol. The van der Waals surface area contributed by atoms with E-state index < -0.39 is 42.0 Å². The zero-order valence-electron chi connectivity index (χ0n) is 10.2. The molecule has 1 saturated heterocycles. The number of nitrogens with zero attached hydrogens (tertiary/aromatic N) is 4. The molecule has 1 fully saturated rings. The number of urea groups is 1. The first kappa shape index (κ1) is 14.7. The molecule has 12 heteroatoms. The van der Waals surface area contributed by atoms with Crippen molar-refractivity contribution in [2.75, 3.05) is 13.1 Å². The third-order valence-electron chi connectivity index (χ3n) is 2.68. The first-order chi connectivity index (χ1) is 9.71. The SMILES string of the molecule is O=C(O)c1nnn(CCN2C(=O)CNC2=O)c1C(F)(F)F. The van der Waals surface area contributed by atoms with Crippen LogP contribution in [0.4, 0.5) is 18.0 Å². The number of aromatic nitrogens is 3. The molecule has 0 unspecified atom stereocenters. The number of rotatable bonds is 4. The quantitative estimate of drug-likeness (QED) is 0.727. The molecule has 114 valence electrons. The predicted octanol–water partition coefficient (Wildman–Crippen LogP) is -0.453. The van der Waals surface area contributed by atoms with Crippen molar-refractivity contribution < 1.29 is 32.7 Å². The van der Waals surface area contributed by atoms with E-state index in [9.17, 15) is 27.6 Å². The summed E-state index contributed by atoms with van der Waals surface area (Å²) in [6.45, 7) is -1.13. The van der Waals surface area contributed by atoms with Gasteiger partial charge in [-0.05, 0) is 0 Å². The van der Waals surface area contributed by atoms with Gasteiger partial charge in [-0.2, -0.15) is 13.2 Å². The molecule has 1 aromatic rings. The molecule has 3 amide bonds. The Hall–Kier alpha value is -2.66. The number of carboxylic acids is 1. The summed E-state index contributed by atoms with van der Waals surface area (Å²) >= 11 is 0. The summed E-state index contributed by atoms with van der Waals surface area (Å²) in [6.07, 6.45) is -4.98. The Kier molecular flexibility index (Phi) is 3.53. The fourth-order valence-electron chi connectivity index (χ4n) is 1.77. The van der Waals surface area contributed by atoms with Crippen molar-refractivity contribution in [3.8, 4) is 0 Å². The van der Waals surface area contributed by atoms with Crippen LogP contribution >= 0.6 is 0 Å². The fourth-order valence-corrected chi connectivity index (χ4v) is 1.77. The molecule has 0 aliphatic carbocycles. The van der Waals surface area contributed by atoms with Gasteiger partial charge in [0.25, 0.3) is 0 Å². The molecule has 2 rings (SSSR count). The van der Waals surface area contributed by atoms with E-state index in [4.69, 9.17) is 5.11 Å². The zero-order valence-corrected chi connectivity index (χ0v) is 10.2. The van der Waals surface area contributed by atoms with E-state index in [0.717, 1.165) is 0 Å². The molecule has 0 saturated carbocycles. The Labute approximate surface area is 114 Å². The van der Waals surface area contributed by atoms with Crippen molar-refractivity contribution in [3.05, 3.63) is 11.4 Å². The minimum atomic E-state index is -4.98. The average molecular weight is 307 g/mol. The lowest BCUT2D eigenvalue weighted by molar-refractivity contribution is -0.144. The molecular formula is C9H8F3N5O4. The largest absolute Gasteiger partial charge is 0.476 e. The van der Waals surface area contributed by atoms with Crippen LogP contribution in [0.5, 0.6) is 0 Å². The number of alkyl halides is 3. The smallest absolute Gasteiger partial charge is 0.435 e. The van der Waals surface area contributed by atoms with E-state index >= 15 is 0 Å². The highest BCUT2D eigenvalue weighted by Crippen LogP contribution is 2.31. The van der Waals surface area contributed by atoms with Crippen molar-refractivity contribution in [2.24, 2.45) is 0 Å². The summed E-state index contributed by atoms with van der Waals surface area (Å²) in [5.74, 6) is -2.46. The molecule has 2 N–H and O–H groups in total. The highest BCUT2D eigenvalue weighted by Gasteiger charge is 2.41. The van der Waals surface area contributed by atoms with E-state index in [1.54, 1.807) is 0 Å². The second-order valence-corrected chi connectivity index (χ2v) is 4.02. The molecule has 2 heterocycles. The number of carbonyl (C=O) groups is 3. The molecular weight excluding hydrogens is 299 g/mol. The molecule has 1 aliphatic heterocycles. The Morgan fingerprint density at radius 2 is 2.00 bits per heavy atom. The Bertz CT molecular complexity index is 595. The van der Waals surface area contributed by atoms with E-state index in [2.05, 4.69) is 15.6 Å². The lowest BCUT2D eigenvalue weighted by atomic mass is 10.3. The predicted molar refractivity (Wildman–Crippen MR) is 57.1 cm³/mol. The van der Waals surface area contributed by atoms with Crippen LogP contribution in [0, 0.1) is 0 Å². The Morgan fingerprint density at radius 3 is 2.48 bits per heavy atom. The molecule has 1 aliphatic rings. The maximum atomic E-state index is 12.8. The van der Waals surface area contributed by atoms with Gasteiger partial charge in [-0.3, -0.25) is 9.69 Å². The molecule has 21 heavy (non-hydrogen) atoms. The maximum absolute atomic E-state index is 12.8. The van der Waals surface area contributed by atoms with Crippen molar-refractivity contribution in [1.29, 1.82) is 0 Å². The molecule has 1 aromatic heterocycles. The Balaban J connectivity index is 2.23. The van der Waals surface area contributed by atoms with E-state index in [0.29, 0.717) is 9.58 Å². The zero-order chi connectivity index (χ0) is 15.8. The van der Waals surface area contributed by atoms with Gasteiger partial charge in [0.2, 0.25) is 11.6 Å². The van der Waals surface area contributed by atoms with Crippen LogP contribution in [0.25, 0.3) is 0 Å². The van der Waals surface area contributed by atoms with Crippen LogP contribution in [-0.4, -0.2) is 56.0 Å². The molecule has 0 atom stereocenters. The van der Waals surface area contributed by atoms with Crippen molar-refractivity contribution in [1.82, 2.24) is 25.2 Å². The van der Waals surface area contributed by atoms with Crippen LogP contribution in [0.15, 0.2) is 0 Å². The third kappa shape index (κ3) is 2.78. The maximum Gasteiger partial charge on any atom is 0.435 e. The van der Waals surface area contributed by atoms with Crippen LogP contribution < -0.4 is 5.32 Å². The van der Waals surface area contributed by atoms with Crippen LogP contribution in [0.2, 0.25) is 0 Å². The summed E-state index contributed by atoms with van der Waals surface area (Å²) in [7, 11) is 0. The van der Waals surface area contributed by atoms with Crippen molar-refractivity contribution in [2.45, 2.75) is 12.7 Å². The number of carboxylic acid groups (broad SMARTS) is 1. The number of hydrogen-bond acceptors (Lipinski definition) is 5. The Morgan fingerprint density at radius 1 is 1.33 bits per heavy atom. The lowest BCUT2D eigenvalue weighted by Crippen LogP contribution is -2.34. The summed E-state index contributed by atoms with van der Waals surface area (Å²) in [6, 6.07) is -0.730. The normalized spacial score (nSPS) is 15.5. The number of halogens is 3. The van der Waals surface area contributed by atoms with Gasteiger partial charge < -0.3 is 10.4 Å². The van der Waals surface area contributed by atoms with Crippen molar-refractivity contribution >= 4 is 17.9 Å². The van der Waals surface area contributed by atoms with Gasteiger partial charge in [0.05, 0.1) is 19.6 Å². The number of amides is 3. The third-order valence-corrected chi connectivity index (χ3v) is 2.68. The molecule has 0 bridgehead atoms. The number of hydrogen-bond donors (Lipinski definition) is 2. The second kappa shape index (κ2) is 5.03. The highest BCUT2D eigenvalue weighted by atomic mass is 19.4. The molecule has 9 nitrogen and oxygen atoms in total. The van der Waals surface area contributed by atoms with Crippen molar-refractivity contribution in [3.63, 3.8) is 0 Å². The van der Waals surface area contributed by atoms with Crippen LogP contribution in [-0.2, 0) is 17.5 Å². The lowest BCUT2D eigenvalue weighted by Gasteiger charge is -2.14. The second-order valence-electron chi connectivity index (χ2n) is 4.02. The van der Waals surface area contributed by atoms with Crippen LogP contribution in [0.3, 0.4) is 0 Å².